The highest BCUT2D eigenvalue weighted by atomic mass is 35.5. The van der Waals surface area contributed by atoms with E-state index in [1.165, 1.54) is 51.7 Å². The maximum absolute atomic E-state index is 9.44. The largest absolute Gasteiger partial charge is 0.508 e. The van der Waals surface area contributed by atoms with E-state index in [2.05, 4.69) is 58.8 Å². The molecule has 3 nitrogen and oxygen atoms in total. The van der Waals surface area contributed by atoms with Crippen molar-refractivity contribution in [3.8, 4) is 16.9 Å². The minimum Gasteiger partial charge on any atom is -0.508 e. The van der Waals surface area contributed by atoms with Crippen LogP contribution in [0.5, 0.6) is 5.75 Å². The summed E-state index contributed by atoms with van der Waals surface area (Å²) in [4.78, 5) is 3.71. The Labute approximate surface area is 183 Å². The van der Waals surface area contributed by atoms with Crippen LogP contribution in [0.25, 0.3) is 22.0 Å². The van der Waals surface area contributed by atoms with Gasteiger partial charge in [0.1, 0.15) is 5.75 Å². The summed E-state index contributed by atoms with van der Waals surface area (Å²) in [6, 6.07) is 25.3. The van der Waals surface area contributed by atoms with Gasteiger partial charge in [0, 0.05) is 22.6 Å². The Morgan fingerprint density at radius 2 is 1.73 bits per heavy atom. The number of nitrogens with one attached hydrogen (secondary N) is 2. The third kappa shape index (κ3) is 4.09. The average molecular weight is 419 g/mol. The summed E-state index contributed by atoms with van der Waals surface area (Å²) in [5, 5.41) is 14.6. The molecule has 0 spiro atoms. The van der Waals surface area contributed by atoms with Crippen LogP contribution >= 0.6 is 12.4 Å². The van der Waals surface area contributed by atoms with Crippen molar-refractivity contribution in [1.82, 2.24) is 10.3 Å². The standard InChI is InChI=1S/C26H26N2O.ClH/c29-21-12-9-18(10-13-21)15-16-27-25-8-4-7-22-23-17-20(19-5-2-1-3-6-19)11-14-24(23)28-26(22)25;/h1-3,5-6,9-14,17,25,27-29H,4,7-8,15-16H2;1H. The molecule has 1 heterocycles. The summed E-state index contributed by atoms with van der Waals surface area (Å²) in [6.07, 6.45) is 4.49. The lowest BCUT2D eigenvalue weighted by Gasteiger charge is -2.24. The number of benzene rings is 3. The smallest absolute Gasteiger partial charge is 0.115 e. The summed E-state index contributed by atoms with van der Waals surface area (Å²) in [5.74, 6) is 0.326. The van der Waals surface area contributed by atoms with Crippen molar-refractivity contribution in [3.63, 3.8) is 0 Å². The first kappa shape index (κ1) is 20.5. The number of phenols is 1. The molecule has 4 heteroatoms. The quantitative estimate of drug-likeness (QED) is 0.363. The molecular weight excluding hydrogens is 392 g/mol. The van der Waals surface area contributed by atoms with E-state index in [0.717, 1.165) is 19.4 Å². The fourth-order valence-corrected chi connectivity index (χ4v) is 4.53. The minimum atomic E-state index is 0. The highest BCUT2D eigenvalue weighted by Gasteiger charge is 2.24. The van der Waals surface area contributed by atoms with Crippen molar-refractivity contribution < 1.29 is 5.11 Å². The number of aromatic amines is 1. The molecule has 0 saturated heterocycles. The van der Waals surface area contributed by atoms with Crippen LogP contribution < -0.4 is 5.32 Å². The molecule has 154 valence electrons. The van der Waals surface area contributed by atoms with Crippen molar-refractivity contribution in [2.24, 2.45) is 0 Å². The van der Waals surface area contributed by atoms with Crippen LogP contribution in [0.15, 0.2) is 72.8 Å². The van der Waals surface area contributed by atoms with Gasteiger partial charge in [-0.1, -0.05) is 48.5 Å². The third-order valence-corrected chi connectivity index (χ3v) is 6.06. The van der Waals surface area contributed by atoms with Crippen molar-refractivity contribution in [1.29, 1.82) is 0 Å². The molecule has 0 fully saturated rings. The molecule has 1 aromatic heterocycles. The van der Waals surface area contributed by atoms with Gasteiger partial charge in [0.2, 0.25) is 0 Å². The summed E-state index contributed by atoms with van der Waals surface area (Å²) in [7, 11) is 0. The van der Waals surface area contributed by atoms with Gasteiger partial charge in [-0.3, -0.25) is 0 Å². The van der Waals surface area contributed by atoms with E-state index in [-0.39, 0.29) is 12.4 Å². The zero-order valence-corrected chi connectivity index (χ0v) is 17.7. The zero-order valence-electron chi connectivity index (χ0n) is 16.9. The topological polar surface area (TPSA) is 48.0 Å². The van der Waals surface area contributed by atoms with Gasteiger partial charge >= 0.3 is 0 Å². The number of aryl methyl sites for hydroxylation is 1. The van der Waals surface area contributed by atoms with Crippen LogP contribution in [0.3, 0.4) is 0 Å². The minimum absolute atomic E-state index is 0. The molecular formula is C26H27ClN2O. The van der Waals surface area contributed by atoms with E-state index < -0.39 is 0 Å². The number of rotatable bonds is 5. The van der Waals surface area contributed by atoms with Gasteiger partial charge in [-0.05, 0) is 78.7 Å². The van der Waals surface area contributed by atoms with Gasteiger partial charge in [-0.25, -0.2) is 0 Å². The number of fused-ring (bicyclic) bond motifs is 3. The van der Waals surface area contributed by atoms with Gasteiger partial charge in [-0.15, -0.1) is 12.4 Å². The van der Waals surface area contributed by atoms with Crippen LogP contribution in [-0.4, -0.2) is 16.6 Å². The van der Waals surface area contributed by atoms with E-state index in [0.29, 0.717) is 11.8 Å². The van der Waals surface area contributed by atoms with Crippen molar-refractivity contribution in [2.75, 3.05) is 6.54 Å². The van der Waals surface area contributed by atoms with Gasteiger partial charge < -0.3 is 15.4 Å². The highest BCUT2D eigenvalue weighted by molar-refractivity contribution is 5.89. The second kappa shape index (κ2) is 8.95. The van der Waals surface area contributed by atoms with E-state index in [9.17, 15) is 5.11 Å². The monoisotopic (exact) mass is 418 g/mol. The van der Waals surface area contributed by atoms with Gasteiger partial charge in [0.15, 0.2) is 0 Å². The van der Waals surface area contributed by atoms with Crippen molar-refractivity contribution >= 4 is 23.3 Å². The predicted molar refractivity (Wildman–Crippen MR) is 126 cm³/mol. The summed E-state index contributed by atoms with van der Waals surface area (Å²) in [5.41, 5.74) is 7.87. The fraction of sp³-hybridized carbons (Fsp3) is 0.231. The first-order valence-electron chi connectivity index (χ1n) is 10.5. The maximum atomic E-state index is 9.44. The number of H-pyrrole nitrogens is 1. The first-order valence-corrected chi connectivity index (χ1v) is 10.5. The molecule has 0 radical (unpaired) electrons. The van der Waals surface area contributed by atoms with Crippen LogP contribution in [0.1, 0.15) is 35.7 Å². The van der Waals surface area contributed by atoms with E-state index in [1.54, 1.807) is 12.1 Å². The Kier molecular flexibility index (Phi) is 6.12. The third-order valence-electron chi connectivity index (χ3n) is 6.06. The Bertz CT molecular complexity index is 1120. The van der Waals surface area contributed by atoms with Crippen LogP contribution in [0.2, 0.25) is 0 Å². The Morgan fingerprint density at radius 3 is 2.53 bits per heavy atom. The zero-order chi connectivity index (χ0) is 19.6. The molecule has 0 amide bonds. The molecule has 3 N–H and O–H groups in total. The molecule has 1 aliphatic carbocycles. The van der Waals surface area contributed by atoms with E-state index in [1.807, 2.05) is 12.1 Å². The number of halogens is 1. The molecule has 5 rings (SSSR count). The molecule has 4 aromatic rings. The Balaban J connectivity index is 0.00000218. The van der Waals surface area contributed by atoms with Gasteiger partial charge in [-0.2, -0.15) is 0 Å². The second-order valence-corrected chi connectivity index (χ2v) is 7.96. The SMILES string of the molecule is Cl.Oc1ccc(CCNC2CCCc3c2[nH]c2ccc(-c4ccccc4)cc32)cc1. The highest BCUT2D eigenvalue weighted by Crippen LogP contribution is 2.36. The number of hydrogen-bond acceptors (Lipinski definition) is 2. The number of aromatic hydroxyl groups is 1. The van der Waals surface area contributed by atoms with E-state index in [4.69, 9.17) is 0 Å². The number of aromatic nitrogens is 1. The summed E-state index contributed by atoms with van der Waals surface area (Å²) < 4.78 is 0. The molecule has 1 unspecified atom stereocenters. The molecule has 1 atom stereocenters. The maximum Gasteiger partial charge on any atom is 0.115 e. The molecule has 0 aliphatic heterocycles. The van der Waals surface area contributed by atoms with Gasteiger partial charge in [0.05, 0.1) is 0 Å². The lowest BCUT2D eigenvalue weighted by molar-refractivity contribution is 0.456. The lowest BCUT2D eigenvalue weighted by Crippen LogP contribution is -2.27. The van der Waals surface area contributed by atoms with Crippen LogP contribution in [0.4, 0.5) is 0 Å². The Hall–Kier alpha value is -2.75. The number of phenolic OH excluding ortho intramolecular Hbond substituents is 1. The average Bonchev–Trinajstić information content (AvgIpc) is 3.15. The molecule has 0 saturated carbocycles. The second-order valence-electron chi connectivity index (χ2n) is 7.96. The van der Waals surface area contributed by atoms with Crippen LogP contribution in [0, 0.1) is 0 Å². The number of hydrogen-bond donors (Lipinski definition) is 3. The predicted octanol–water partition coefficient (Wildman–Crippen LogP) is 6.17. The summed E-state index contributed by atoms with van der Waals surface area (Å²) in [6.45, 7) is 0.930. The molecule has 0 bridgehead atoms. The molecule has 30 heavy (non-hydrogen) atoms. The van der Waals surface area contributed by atoms with E-state index >= 15 is 0 Å². The van der Waals surface area contributed by atoms with Crippen molar-refractivity contribution in [2.45, 2.75) is 31.7 Å². The van der Waals surface area contributed by atoms with Gasteiger partial charge in [0.25, 0.3) is 0 Å². The van der Waals surface area contributed by atoms with Crippen molar-refractivity contribution in [3.05, 3.63) is 89.6 Å². The fourth-order valence-electron chi connectivity index (χ4n) is 4.53. The normalized spacial score (nSPS) is 15.5. The summed E-state index contributed by atoms with van der Waals surface area (Å²) >= 11 is 0. The lowest BCUT2D eigenvalue weighted by atomic mass is 9.91. The molecule has 1 aliphatic rings. The van der Waals surface area contributed by atoms with Crippen LogP contribution in [-0.2, 0) is 12.8 Å². The Morgan fingerprint density at radius 1 is 0.933 bits per heavy atom. The molecule has 3 aromatic carbocycles. The first-order chi connectivity index (χ1) is 14.3.